The minimum Gasteiger partial charge on any atom is -0.496 e. The summed E-state index contributed by atoms with van der Waals surface area (Å²) in [7, 11) is 1.25. The summed E-state index contributed by atoms with van der Waals surface area (Å²) in [5, 5.41) is 3.28. The molecule has 0 radical (unpaired) electrons. The van der Waals surface area contributed by atoms with E-state index < -0.39 is 29.7 Å². The molecule has 158 valence electrons. The molecule has 1 heterocycles. The Kier molecular flexibility index (Phi) is 5.19. The van der Waals surface area contributed by atoms with Gasteiger partial charge in [-0.2, -0.15) is 13.2 Å². The fraction of sp³-hybridized carbons (Fsp3) is 0.250. The number of amides is 4. The highest BCUT2D eigenvalue weighted by molar-refractivity contribution is 6.24. The number of methoxy groups -OCH3 is 1. The topological polar surface area (TPSA) is 87.7 Å². The Labute approximate surface area is 169 Å². The van der Waals surface area contributed by atoms with Crippen LogP contribution in [0.1, 0.15) is 21.5 Å². The zero-order valence-corrected chi connectivity index (χ0v) is 16.3. The van der Waals surface area contributed by atoms with Crippen LogP contribution >= 0.6 is 0 Å². The Morgan fingerprint density at radius 2 is 1.77 bits per heavy atom. The molecule has 0 saturated carbocycles. The van der Waals surface area contributed by atoms with E-state index in [0.29, 0.717) is 10.5 Å². The zero-order chi connectivity index (χ0) is 22.3. The fourth-order valence-corrected chi connectivity index (χ4v) is 3.05. The molecule has 1 saturated heterocycles. The molecular weight excluding hydrogens is 403 g/mol. The van der Waals surface area contributed by atoms with Crippen molar-refractivity contribution in [1.82, 2.24) is 10.6 Å². The fourth-order valence-electron chi connectivity index (χ4n) is 3.05. The number of anilines is 1. The Balaban J connectivity index is 2.04. The monoisotopic (exact) mass is 421 g/mol. The van der Waals surface area contributed by atoms with Crippen molar-refractivity contribution < 1.29 is 32.3 Å². The lowest BCUT2D eigenvalue weighted by atomic mass is 10.1. The summed E-state index contributed by atoms with van der Waals surface area (Å²) in [6.45, 7) is 3.47. The molecule has 1 aliphatic rings. The predicted molar refractivity (Wildman–Crippen MR) is 101 cm³/mol. The number of nitrogens with zero attached hydrogens (tertiary/aromatic N) is 1. The molecule has 2 aromatic rings. The van der Waals surface area contributed by atoms with Gasteiger partial charge in [-0.05, 0) is 49.2 Å². The average molecular weight is 421 g/mol. The lowest BCUT2D eigenvalue weighted by Gasteiger charge is -2.30. The van der Waals surface area contributed by atoms with Crippen LogP contribution < -0.4 is 20.3 Å². The highest BCUT2D eigenvalue weighted by Gasteiger charge is 2.69. The van der Waals surface area contributed by atoms with Crippen molar-refractivity contribution in [3.63, 3.8) is 0 Å². The average Bonchev–Trinajstić information content (AvgIpc) is 2.94. The summed E-state index contributed by atoms with van der Waals surface area (Å²) >= 11 is 0. The normalized spacial score (nSPS) is 18.9. The van der Waals surface area contributed by atoms with Gasteiger partial charge in [0.05, 0.1) is 18.4 Å². The van der Waals surface area contributed by atoms with Crippen molar-refractivity contribution in [2.24, 2.45) is 0 Å². The number of benzene rings is 2. The van der Waals surface area contributed by atoms with Crippen LogP contribution in [-0.4, -0.2) is 36.8 Å². The van der Waals surface area contributed by atoms with Gasteiger partial charge in [-0.25, -0.2) is 9.69 Å². The highest BCUT2D eigenvalue weighted by atomic mass is 19.4. The zero-order valence-electron chi connectivity index (χ0n) is 16.3. The molecule has 10 heteroatoms. The number of alkyl halides is 3. The number of hydrogen-bond acceptors (Lipinski definition) is 4. The number of para-hydroxylation sites is 1. The maximum atomic E-state index is 14.0. The van der Waals surface area contributed by atoms with Gasteiger partial charge in [0, 0.05) is 0 Å². The first-order chi connectivity index (χ1) is 14.0. The number of urea groups is 1. The SMILES string of the molecule is COc1ccccc1C(=O)NC1(C(F)(F)F)NC(=O)N(c2ccc(C)c(C)c2)C1=O. The van der Waals surface area contributed by atoms with E-state index in [4.69, 9.17) is 4.74 Å². The van der Waals surface area contributed by atoms with Gasteiger partial charge in [0.25, 0.3) is 17.5 Å². The molecule has 7 nitrogen and oxygen atoms in total. The standard InChI is InChI=1S/C20H18F3N3O4/c1-11-8-9-13(10-12(11)2)26-17(28)19(20(21,22)23,25-18(26)29)24-16(27)14-6-4-5-7-15(14)30-3/h4-10H,1-3H3,(H,24,27)(H,25,29). The second-order valence-electron chi connectivity index (χ2n) is 6.74. The molecule has 30 heavy (non-hydrogen) atoms. The van der Waals surface area contributed by atoms with Crippen LogP contribution in [0.25, 0.3) is 0 Å². The van der Waals surface area contributed by atoms with Crippen LogP contribution in [0.4, 0.5) is 23.7 Å². The van der Waals surface area contributed by atoms with Gasteiger partial charge in [-0.1, -0.05) is 18.2 Å². The molecule has 0 aliphatic carbocycles. The second-order valence-corrected chi connectivity index (χ2v) is 6.74. The molecular formula is C20H18F3N3O4. The first kappa shape index (κ1) is 21.2. The Morgan fingerprint density at radius 3 is 2.37 bits per heavy atom. The first-order valence-electron chi connectivity index (χ1n) is 8.78. The molecule has 1 fully saturated rings. The third-order valence-corrected chi connectivity index (χ3v) is 4.85. The first-order valence-corrected chi connectivity index (χ1v) is 8.78. The van der Waals surface area contributed by atoms with Gasteiger partial charge in [0.2, 0.25) is 0 Å². The third kappa shape index (κ3) is 3.34. The van der Waals surface area contributed by atoms with Gasteiger partial charge in [0.15, 0.2) is 0 Å². The van der Waals surface area contributed by atoms with Crippen LogP contribution in [0.15, 0.2) is 42.5 Å². The van der Waals surface area contributed by atoms with Crippen molar-refractivity contribution >= 4 is 23.5 Å². The van der Waals surface area contributed by atoms with Crippen molar-refractivity contribution in [3.8, 4) is 5.75 Å². The predicted octanol–water partition coefficient (Wildman–Crippen LogP) is 3.06. The van der Waals surface area contributed by atoms with Crippen LogP contribution in [0.2, 0.25) is 0 Å². The van der Waals surface area contributed by atoms with Gasteiger partial charge >= 0.3 is 12.2 Å². The molecule has 2 N–H and O–H groups in total. The molecule has 1 unspecified atom stereocenters. The highest BCUT2D eigenvalue weighted by Crippen LogP contribution is 2.36. The number of aryl methyl sites for hydroxylation is 2. The lowest BCUT2D eigenvalue weighted by molar-refractivity contribution is -0.197. The van der Waals surface area contributed by atoms with Crippen molar-refractivity contribution in [1.29, 1.82) is 0 Å². The second kappa shape index (κ2) is 7.36. The molecule has 1 atom stereocenters. The number of halogens is 3. The van der Waals surface area contributed by atoms with Crippen molar-refractivity contribution in [2.45, 2.75) is 25.7 Å². The third-order valence-electron chi connectivity index (χ3n) is 4.85. The summed E-state index contributed by atoms with van der Waals surface area (Å²) in [6.07, 6.45) is -5.31. The number of nitrogens with one attached hydrogen (secondary N) is 2. The van der Waals surface area contributed by atoms with Crippen LogP contribution in [-0.2, 0) is 4.79 Å². The maximum absolute atomic E-state index is 14.0. The number of carbonyl (C=O) groups is 3. The molecule has 1 aliphatic heterocycles. The summed E-state index contributed by atoms with van der Waals surface area (Å²) in [5.74, 6) is -2.89. The van der Waals surface area contributed by atoms with Crippen molar-refractivity contribution in [3.05, 3.63) is 59.2 Å². The summed E-state index contributed by atoms with van der Waals surface area (Å²) in [5.41, 5.74) is -2.39. The number of rotatable bonds is 4. The molecule has 3 rings (SSSR count). The lowest BCUT2D eigenvalue weighted by Crippen LogP contribution is -2.69. The molecule has 4 amide bonds. The van der Waals surface area contributed by atoms with E-state index in [2.05, 4.69) is 0 Å². The van der Waals surface area contributed by atoms with Crippen molar-refractivity contribution in [2.75, 3.05) is 12.0 Å². The van der Waals surface area contributed by atoms with E-state index >= 15 is 0 Å². The largest absolute Gasteiger partial charge is 0.496 e. The Morgan fingerprint density at radius 1 is 1.10 bits per heavy atom. The van der Waals surface area contributed by atoms with E-state index in [1.54, 1.807) is 30.5 Å². The number of hydrogen-bond donors (Lipinski definition) is 2. The molecule has 0 bridgehead atoms. The maximum Gasteiger partial charge on any atom is 0.440 e. The molecule has 0 aromatic heterocycles. The van der Waals surface area contributed by atoms with E-state index in [0.717, 1.165) is 5.56 Å². The van der Waals surface area contributed by atoms with Gasteiger partial charge in [0.1, 0.15) is 5.75 Å². The minimum absolute atomic E-state index is 0.00936. The number of imide groups is 1. The minimum atomic E-state index is -5.31. The van der Waals surface area contributed by atoms with Gasteiger partial charge in [-0.3, -0.25) is 14.9 Å². The van der Waals surface area contributed by atoms with Gasteiger partial charge < -0.3 is 10.1 Å². The van der Waals surface area contributed by atoms with Gasteiger partial charge in [-0.15, -0.1) is 0 Å². The smallest absolute Gasteiger partial charge is 0.440 e. The Hall–Kier alpha value is -3.56. The number of ether oxygens (including phenoxy) is 1. The summed E-state index contributed by atoms with van der Waals surface area (Å²) in [4.78, 5) is 38.3. The number of carbonyl (C=O) groups excluding carboxylic acids is 3. The molecule has 2 aromatic carbocycles. The van der Waals surface area contributed by atoms with Crippen LogP contribution in [0, 0.1) is 13.8 Å². The summed E-state index contributed by atoms with van der Waals surface area (Å²) in [6, 6.07) is 8.61. The van der Waals surface area contributed by atoms with E-state index in [1.165, 1.54) is 43.5 Å². The van der Waals surface area contributed by atoms with Crippen LogP contribution in [0.5, 0.6) is 5.75 Å². The molecule has 0 spiro atoms. The van der Waals surface area contributed by atoms with E-state index in [-0.39, 0.29) is 17.0 Å². The van der Waals surface area contributed by atoms with E-state index in [1.807, 2.05) is 0 Å². The summed E-state index contributed by atoms with van der Waals surface area (Å²) < 4.78 is 47.1. The Bertz CT molecular complexity index is 1040. The quantitative estimate of drug-likeness (QED) is 0.743. The van der Waals surface area contributed by atoms with Crippen LogP contribution in [0.3, 0.4) is 0 Å². The van der Waals surface area contributed by atoms with E-state index in [9.17, 15) is 27.6 Å².